The summed E-state index contributed by atoms with van der Waals surface area (Å²) >= 11 is 0. The average molecular weight is 154 g/mol. The van der Waals surface area contributed by atoms with Crippen LogP contribution < -0.4 is 0 Å². The summed E-state index contributed by atoms with van der Waals surface area (Å²) in [5.41, 5.74) is 0. The van der Waals surface area contributed by atoms with Gasteiger partial charge < -0.3 is 10.2 Å². The van der Waals surface area contributed by atoms with Gasteiger partial charge in [0.1, 0.15) is 0 Å². The van der Waals surface area contributed by atoms with Crippen LogP contribution in [0.4, 0.5) is 0 Å². The Kier molecular flexibility index (Phi) is 6.24. The molecule has 2 atom stereocenters. The molecule has 0 rings (SSSR count). The van der Waals surface area contributed by atoms with Crippen LogP contribution in [0.3, 0.4) is 0 Å². The fraction of sp³-hybridized carbons (Fsp3) is 0.667. The Hall–Kier alpha value is -0.463. The van der Waals surface area contributed by atoms with E-state index >= 15 is 0 Å². The molecule has 4 nitrogen and oxygen atoms in total. The van der Waals surface area contributed by atoms with E-state index in [0.29, 0.717) is 0 Å². The van der Waals surface area contributed by atoms with Gasteiger partial charge in [0, 0.05) is 0 Å². The molecule has 0 radical (unpaired) electrons. The molecular formula is C6H11LiO4. The normalized spacial score (nSPS) is 14.4. The number of hydrogen-bond donors (Lipinski definition) is 2. The van der Waals surface area contributed by atoms with Crippen molar-refractivity contribution in [3.05, 3.63) is 0 Å². The van der Waals surface area contributed by atoms with Crippen molar-refractivity contribution in [3.8, 4) is 0 Å². The number of carbonyl (C=O) groups is 2. The van der Waals surface area contributed by atoms with E-state index < -0.39 is 23.8 Å². The molecule has 0 heterocycles. The Morgan fingerprint density at radius 1 is 1.00 bits per heavy atom. The van der Waals surface area contributed by atoms with E-state index in [1.807, 2.05) is 0 Å². The summed E-state index contributed by atoms with van der Waals surface area (Å²) in [6.07, 6.45) is 0. The Bertz CT molecular complexity index is 139. The maximum absolute atomic E-state index is 10.2. The molecular weight excluding hydrogens is 143 g/mol. The third kappa shape index (κ3) is 4.07. The summed E-state index contributed by atoms with van der Waals surface area (Å²) < 4.78 is 0. The fourth-order valence-electron chi connectivity index (χ4n) is 0.428. The third-order valence-electron chi connectivity index (χ3n) is 1.53. The van der Waals surface area contributed by atoms with Gasteiger partial charge in [-0.2, -0.15) is 0 Å². The zero-order valence-corrected chi connectivity index (χ0v) is 5.87. The van der Waals surface area contributed by atoms with Crippen LogP contribution in [-0.4, -0.2) is 41.0 Å². The first-order chi connectivity index (χ1) is 4.46. The number of aliphatic carboxylic acids is 2. The zero-order valence-electron chi connectivity index (χ0n) is 5.87. The Morgan fingerprint density at radius 2 is 1.18 bits per heavy atom. The predicted molar refractivity (Wildman–Crippen MR) is 40.7 cm³/mol. The molecule has 0 aromatic heterocycles. The van der Waals surface area contributed by atoms with Gasteiger partial charge in [-0.15, -0.1) is 0 Å². The van der Waals surface area contributed by atoms with Crippen molar-refractivity contribution in [2.24, 2.45) is 11.8 Å². The minimum absolute atomic E-state index is 0. The molecule has 0 amide bonds. The van der Waals surface area contributed by atoms with Gasteiger partial charge in [-0.25, -0.2) is 0 Å². The van der Waals surface area contributed by atoms with Crippen molar-refractivity contribution in [2.75, 3.05) is 0 Å². The van der Waals surface area contributed by atoms with Gasteiger partial charge in [0.25, 0.3) is 0 Å². The summed E-state index contributed by atoms with van der Waals surface area (Å²) in [5, 5.41) is 16.7. The van der Waals surface area contributed by atoms with E-state index in [9.17, 15) is 9.59 Å². The number of carboxylic acid groups (broad SMARTS) is 2. The summed E-state index contributed by atoms with van der Waals surface area (Å²) in [7, 11) is 0. The molecule has 0 aliphatic rings. The van der Waals surface area contributed by atoms with Crippen LogP contribution in [0.25, 0.3) is 0 Å². The van der Waals surface area contributed by atoms with Crippen LogP contribution in [0.1, 0.15) is 13.8 Å². The van der Waals surface area contributed by atoms with E-state index in [1.165, 1.54) is 13.8 Å². The summed E-state index contributed by atoms with van der Waals surface area (Å²) in [6, 6.07) is 0. The molecule has 2 unspecified atom stereocenters. The first kappa shape index (κ1) is 13.2. The Labute approximate surface area is 76.8 Å². The molecule has 0 aliphatic carbocycles. The van der Waals surface area contributed by atoms with Gasteiger partial charge in [-0.3, -0.25) is 9.59 Å². The van der Waals surface area contributed by atoms with Crippen LogP contribution in [0.5, 0.6) is 0 Å². The summed E-state index contributed by atoms with van der Waals surface area (Å²) in [6.45, 7) is 2.75. The van der Waals surface area contributed by atoms with E-state index in [2.05, 4.69) is 0 Å². The molecule has 60 valence electrons. The second kappa shape index (κ2) is 5.22. The summed E-state index contributed by atoms with van der Waals surface area (Å²) in [4.78, 5) is 20.4. The molecule has 0 aliphatic heterocycles. The van der Waals surface area contributed by atoms with Crippen molar-refractivity contribution in [1.82, 2.24) is 0 Å². The first-order valence-corrected chi connectivity index (χ1v) is 2.92. The predicted octanol–water partition coefficient (Wildman–Crippen LogP) is -0.221. The SMILES string of the molecule is CC(C(=O)O)C(C)C(=O)O.[LiH]. The molecule has 2 N–H and O–H groups in total. The van der Waals surface area contributed by atoms with Crippen molar-refractivity contribution < 1.29 is 19.8 Å². The fourth-order valence-corrected chi connectivity index (χ4v) is 0.428. The van der Waals surface area contributed by atoms with Gasteiger partial charge in [0.15, 0.2) is 0 Å². The molecule has 0 bridgehead atoms. The summed E-state index contributed by atoms with van der Waals surface area (Å²) in [5.74, 6) is -3.79. The Balaban J connectivity index is 0. The maximum atomic E-state index is 10.2. The van der Waals surface area contributed by atoms with Gasteiger partial charge in [-0.05, 0) is 0 Å². The van der Waals surface area contributed by atoms with Crippen molar-refractivity contribution >= 4 is 30.8 Å². The van der Waals surface area contributed by atoms with Crippen LogP contribution in [-0.2, 0) is 9.59 Å². The Morgan fingerprint density at radius 3 is 1.27 bits per heavy atom. The van der Waals surface area contributed by atoms with Crippen LogP contribution in [0.15, 0.2) is 0 Å². The quantitative estimate of drug-likeness (QED) is 0.551. The average Bonchev–Trinajstić information content (AvgIpc) is 1.84. The molecule has 0 aromatic rings. The standard InChI is InChI=1S/C6H10O4.Li.H/c1-3(5(7)8)4(2)6(9)10;;/h3-4H,1-2H3,(H,7,8)(H,9,10);;. The second-order valence-corrected chi connectivity index (χ2v) is 2.25. The number of hydrogen-bond acceptors (Lipinski definition) is 2. The molecule has 11 heavy (non-hydrogen) atoms. The van der Waals surface area contributed by atoms with Crippen LogP contribution in [0.2, 0.25) is 0 Å². The topological polar surface area (TPSA) is 74.6 Å². The van der Waals surface area contributed by atoms with Gasteiger partial charge in [0.2, 0.25) is 0 Å². The van der Waals surface area contributed by atoms with Gasteiger partial charge in [0.05, 0.1) is 11.8 Å². The second-order valence-electron chi connectivity index (χ2n) is 2.25. The van der Waals surface area contributed by atoms with E-state index in [1.54, 1.807) is 0 Å². The molecule has 0 saturated carbocycles. The van der Waals surface area contributed by atoms with Crippen LogP contribution >= 0.6 is 0 Å². The molecule has 5 heteroatoms. The van der Waals surface area contributed by atoms with Crippen molar-refractivity contribution in [1.29, 1.82) is 0 Å². The van der Waals surface area contributed by atoms with E-state index in [-0.39, 0.29) is 18.9 Å². The van der Waals surface area contributed by atoms with Crippen molar-refractivity contribution in [2.45, 2.75) is 13.8 Å². The zero-order chi connectivity index (χ0) is 8.31. The minimum atomic E-state index is -1.07. The monoisotopic (exact) mass is 154 g/mol. The van der Waals surface area contributed by atoms with Crippen molar-refractivity contribution in [3.63, 3.8) is 0 Å². The number of rotatable bonds is 3. The van der Waals surface area contributed by atoms with E-state index in [4.69, 9.17) is 10.2 Å². The number of carboxylic acids is 2. The molecule has 0 saturated heterocycles. The molecule has 0 spiro atoms. The third-order valence-corrected chi connectivity index (χ3v) is 1.53. The van der Waals surface area contributed by atoms with Gasteiger partial charge in [-0.1, -0.05) is 13.8 Å². The van der Waals surface area contributed by atoms with E-state index in [0.717, 1.165) is 0 Å². The van der Waals surface area contributed by atoms with Gasteiger partial charge >= 0.3 is 30.8 Å². The first-order valence-electron chi connectivity index (χ1n) is 2.92. The molecule has 0 aromatic carbocycles. The molecule has 0 fully saturated rings. The van der Waals surface area contributed by atoms with Crippen LogP contribution in [0, 0.1) is 11.8 Å².